The van der Waals surface area contributed by atoms with Gasteiger partial charge in [0.25, 0.3) is 0 Å². The van der Waals surface area contributed by atoms with Gasteiger partial charge >= 0.3 is 10.8 Å². The van der Waals surface area contributed by atoms with Crippen molar-refractivity contribution in [2.24, 2.45) is 0 Å². The van der Waals surface area contributed by atoms with E-state index in [0.29, 0.717) is 6.42 Å². The minimum absolute atomic E-state index is 0.332. The van der Waals surface area contributed by atoms with E-state index in [1.54, 1.807) is 0 Å². The van der Waals surface area contributed by atoms with Gasteiger partial charge in [-0.15, -0.1) is 0 Å². The van der Waals surface area contributed by atoms with Crippen LogP contribution >= 0.6 is 23.2 Å². The molecule has 2 nitrogen and oxygen atoms in total. The molecule has 0 aliphatic rings. The second kappa shape index (κ2) is 20.0. The summed E-state index contributed by atoms with van der Waals surface area (Å²) in [6.45, 7) is 2.26. The third-order valence-electron chi connectivity index (χ3n) is 3.65. The standard InChI is InChI=1S/C18H34O2.CCl2F2/c1-2-3-4-5-6-7-8-9-10-11-12-13-14-15-16-17-18(19)20;2-1(3,4)5/h9-10H,2-8,11-17H2,1H3,(H,19,20);/b10-9-;. The van der Waals surface area contributed by atoms with Gasteiger partial charge in [0.15, 0.2) is 0 Å². The number of aliphatic carboxylic acids is 1. The summed E-state index contributed by atoms with van der Waals surface area (Å²) in [5, 5.41) is 8.51. The van der Waals surface area contributed by atoms with E-state index in [1.165, 1.54) is 70.6 Å². The third kappa shape index (κ3) is 40.0. The number of halogens is 4. The van der Waals surface area contributed by atoms with Crippen LogP contribution in [0.25, 0.3) is 0 Å². The summed E-state index contributed by atoms with van der Waals surface area (Å²) < 4.78 is 21.1. The average molecular weight is 403 g/mol. The molecule has 150 valence electrons. The summed E-state index contributed by atoms with van der Waals surface area (Å²) in [7, 11) is 0. The SMILES string of the molecule is CCCCCCCC/C=C\CCCCCCCC(=O)O.FC(F)(Cl)Cl. The Balaban J connectivity index is 0. The van der Waals surface area contributed by atoms with Gasteiger partial charge in [0.2, 0.25) is 0 Å². The van der Waals surface area contributed by atoms with Crippen LogP contribution in [0.5, 0.6) is 0 Å². The van der Waals surface area contributed by atoms with Crippen LogP contribution in [-0.2, 0) is 4.79 Å². The maximum Gasteiger partial charge on any atom is 0.401 e. The van der Waals surface area contributed by atoms with E-state index in [9.17, 15) is 13.6 Å². The largest absolute Gasteiger partial charge is 0.481 e. The van der Waals surface area contributed by atoms with Gasteiger partial charge in [-0.05, 0) is 55.3 Å². The Morgan fingerprint density at radius 2 is 1.20 bits per heavy atom. The first kappa shape index (κ1) is 26.9. The maximum absolute atomic E-state index is 10.6. The van der Waals surface area contributed by atoms with Crippen molar-refractivity contribution in [3.05, 3.63) is 12.2 Å². The van der Waals surface area contributed by atoms with Crippen LogP contribution in [0.1, 0.15) is 96.8 Å². The predicted octanol–water partition coefficient (Wildman–Crippen LogP) is 8.12. The van der Waals surface area contributed by atoms with Gasteiger partial charge in [-0.1, -0.05) is 70.4 Å². The molecule has 0 saturated heterocycles. The molecule has 25 heavy (non-hydrogen) atoms. The molecule has 1 N–H and O–H groups in total. The van der Waals surface area contributed by atoms with Gasteiger partial charge in [0.1, 0.15) is 0 Å². The Kier molecular flexibility index (Phi) is 21.5. The summed E-state index contributed by atoms with van der Waals surface area (Å²) in [4.78, 5) is 6.77. The van der Waals surface area contributed by atoms with E-state index in [-0.39, 0.29) is 0 Å². The molecule has 0 aromatic heterocycles. The number of hydrogen-bond acceptors (Lipinski definition) is 1. The first-order valence-corrected chi connectivity index (χ1v) is 10.2. The van der Waals surface area contributed by atoms with E-state index < -0.39 is 10.8 Å². The lowest BCUT2D eigenvalue weighted by molar-refractivity contribution is -0.137. The van der Waals surface area contributed by atoms with Crippen molar-refractivity contribution in [2.45, 2.75) is 102 Å². The number of unbranched alkanes of at least 4 members (excludes halogenated alkanes) is 11. The monoisotopic (exact) mass is 402 g/mol. The van der Waals surface area contributed by atoms with Gasteiger partial charge in [0.05, 0.1) is 0 Å². The Morgan fingerprint density at radius 3 is 1.60 bits per heavy atom. The molecule has 0 bridgehead atoms. The molecule has 0 aliphatic carbocycles. The molecule has 0 spiro atoms. The van der Waals surface area contributed by atoms with Crippen molar-refractivity contribution in [2.75, 3.05) is 0 Å². The van der Waals surface area contributed by atoms with Crippen molar-refractivity contribution in [1.82, 2.24) is 0 Å². The lowest BCUT2D eigenvalue weighted by Crippen LogP contribution is -1.93. The lowest BCUT2D eigenvalue weighted by atomic mass is 10.1. The molecule has 6 heteroatoms. The van der Waals surface area contributed by atoms with Crippen LogP contribution in [0.4, 0.5) is 8.78 Å². The molecule has 0 amide bonds. The topological polar surface area (TPSA) is 37.3 Å². The molecule has 0 unspecified atom stereocenters. The highest BCUT2D eigenvalue weighted by molar-refractivity contribution is 6.45. The Morgan fingerprint density at radius 1 is 0.840 bits per heavy atom. The highest BCUT2D eigenvalue weighted by atomic mass is 35.5. The van der Waals surface area contributed by atoms with Crippen molar-refractivity contribution in [1.29, 1.82) is 0 Å². The molecule has 0 fully saturated rings. The average Bonchev–Trinajstić information content (AvgIpc) is 2.49. The van der Waals surface area contributed by atoms with Gasteiger partial charge < -0.3 is 5.11 Å². The third-order valence-corrected chi connectivity index (χ3v) is 3.65. The summed E-state index contributed by atoms with van der Waals surface area (Å²) >= 11 is 7.92. The smallest absolute Gasteiger partial charge is 0.401 e. The fraction of sp³-hybridized carbons (Fsp3) is 0.842. The molecule has 0 saturated carbocycles. The minimum Gasteiger partial charge on any atom is -0.481 e. The minimum atomic E-state index is -3.56. The molecular weight excluding hydrogens is 369 g/mol. The van der Waals surface area contributed by atoms with Crippen LogP contribution in [0.3, 0.4) is 0 Å². The fourth-order valence-electron chi connectivity index (χ4n) is 2.35. The molecule has 0 aromatic carbocycles. The predicted molar refractivity (Wildman–Crippen MR) is 104 cm³/mol. The summed E-state index contributed by atoms with van der Waals surface area (Å²) in [5.41, 5.74) is 0. The zero-order chi connectivity index (χ0) is 19.4. The van der Waals surface area contributed by atoms with E-state index in [2.05, 4.69) is 42.3 Å². The van der Waals surface area contributed by atoms with E-state index in [1.807, 2.05) is 0 Å². The molecule has 0 aliphatic heterocycles. The molecule has 0 atom stereocenters. The fourth-order valence-corrected chi connectivity index (χ4v) is 2.35. The van der Waals surface area contributed by atoms with Crippen LogP contribution in [0, 0.1) is 0 Å². The highest BCUT2D eigenvalue weighted by Crippen LogP contribution is 2.22. The zero-order valence-electron chi connectivity index (χ0n) is 15.4. The van der Waals surface area contributed by atoms with Crippen LogP contribution in [-0.4, -0.2) is 15.9 Å². The van der Waals surface area contributed by atoms with Crippen LogP contribution in [0.2, 0.25) is 0 Å². The number of carboxylic acids is 1. The summed E-state index contributed by atoms with van der Waals surface area (Å²) in [5.74, 6) is -0.664. The van der Waals surface area contributed by atoms with E-state index in [0.717, 1.165) is 12.8 Å². The number of carboxylic acid groups (broad SMARTS) is 1. The van der Waals surface area contributed by atoms with Crippen molar-refractivity contribution >= 4 is 29.2 Å². The van der Waals surface area contributed by atoms with Gasteiger partial charge in [-0.2, -0.15) is 8.78 Å². The highest BCUT2D eigenvalue weighted by Gasteiger charge is 2.17. The first-order chi connectivity index (χ1) is 11.8. The molecule has 0 aromatic rings. The van der Waals surface area contributed by atoms with Gasteiger partial charge in [-0.3, -0.25) is 4.79 Å². The molecule has 0 heterocycles. The molecule has 0 radical (unpaired) electrons. The second-order valence-electron chi connectivity index (χ2n) is 6.16. The number of rotatable bonds is 15. The van der Waals surface area contributed by atoms with Crippen molar-refractivity contribution in [3.8, 4) is 0 Å². The Labute approximate surface area is 162 Å². The van der Waals surface area contributed by atoms with Gasteiger partial charge in [0, 0.05) is 6.42 Å². The number of carbonyl (C=O) groups is 1. The Hall–Kier alpha value is -0.350. The lowest BCUT2D eigenvalue weighted by Gasteiger charge is -1.99. The first-order valence-electron chi connectivity index (χ1n) is 9.39. The second-order valence-corrected chi connectivity index (χ2v) is 7.30. The maximum atomic E-state index is 10.6. The summed E-state index contributed by atoms with van der Waals surface area (Å²) in [6, 6.07) is 0. The molecular formula is C19H34Cl2F2O2. The zero-order valence-corrected chi connectivity index (χ0v) is 16.9. The van der Waals surface area contributed by atoms with Crippen LogP contribution < -0.4 is 0 Å². The number of alkyl halides is 4. The quantitative estimate of drug-likeness (QED) is 0.170. The van der Waals surface area contributed by atoms with E-state index >= 15 is 0 Å². The van der Waals surface area contributed by atoms with Gasteiger partial charge in [-0.25, -0.2) is 0 Å². The van der Waals surface area contributed by atoms with Crippen molar-refractivity contribution in [3.63, 3.8) is 0 Å². The summed E-state index contributed by atoms with van der Waals surface area (Å²) in [6.07, 6.45) is 21.2. The van der Waals surface area contributed by atoms with E-state index in [4.69, 9.17) is 5.11 Å². The number of hydrogen-bond donors (Lipinski definition) is 1. The normalized spacial score (nSPS) is 11.4. The van der Waals surface area contributed by atoms with Crippen molar-refractivity contribution < 1.29 is 18.7 Å². The molecule has 0 rings (SSSR count). The Bertz CT molecular complexity index is 313. The number of allylic oxidation sites excluding steroid dienone is 2. The van der Waals surface area contributed by atoms with Crippen LogP contribution in [0.15, 0.2) is 12.2 Å².